The second kappa shape index (κ2) is 5.47. The van der Waals surface area contributed by atoms with Gasteiger partial charge in [-0.2, -0.15) is 4.31 Å². The van der Waals surface area contributed by atoms with E-state index >= 15 is 0 Å². The van der Waals surface area contributed by atoms with E-state index in [9.17, 15) is 23.1 Å². The predicted octanol–water partition coefficient (Wildman–Crippen LogP) is -1.03. The van der Waals surface area contributed by atoms with E-state index in [1.165, 1.54) is 4.31 Å². The molecular formula is C13H20N2O6S. The molecule has 3 fully saturated rings. The molecule has 0 saturated carbocycles. The van der Waals surface area contributed by atoms with Crippen molar-refractivity contribution in [3.05, 3.63) is 0 Å². The summed E-state index contributed by atoms with van der Waals surface area (Å²) in [5.74, 6) is -2.62. The van der Waals surface area contributed by atoms with Crippen LogP contribution in [-0.2, 0) is 24.3 Å². The Kier molecular flexibility index (Phi) is 3.90. The van der Waals surface area contributed by atoms with E-state index < -0.39 is 27.8 Å². The summed E-state index contributed by atoms with van der Waals surface area (Å²) in [7, 11) is -3.25. The van der Waals surface area contributed by atoms with E-state index in [0.29, 0.717) is 25.9 Å². The van der Waals surface area contributed by atoms with Gasteiger partial charge in [0, 0.05) is 26.2 Å². The highest BCUT2D eigenvalue weighted by molar-refractivity contribution is 7.88. The Bertz CT molecular complexity index is 583. The molecule has 3 heterocycles. The fraction of sp³-hybridized carbons (Fsp3) is 0.846. The van der Waals surface area contributed by atoms with E-state index in [1.54, 1.807) is 4.90 Å². The number of carbonyl (C=O) groups is 2. The van der Waals surface area contributed by atoms with Crippen LogP contribution in [0.1, 0.15) is 12.8 Å². The molecule has 1 N–H and O–H groups in total. The molecule has 3 rings (SSSR count). The largest absolute Gasteiger partial charge is 0.481 e. The summed E-state index contributed by atoms with van der Waals surface area (Å²) >= 11 is 0. The number of rotatable bonds is 3. The highest BCUT2D eigenvalue weighted by Crippen LogP contribution is 2.44. The molecule has 0 aromatic heterocycles. The van der Waals surface area contributed by atoms with Crippen LogP contribution in [0.25, 0.3) is 0 Å². The van der Waals surface area contributed by atoms with Gasteiger partial charge in [-0.05, 0) is 12.8 Å². The van der Waals surface area contributed by atoms with Crippen LogP contribution in [0.4, 0.5) is 0 Å². The molecule has 0 unspecified atom stereocenters. The van der Waals surface area contributed by atoms with Gasteiger partial charge in [-0.15, -0.1) is 0 Å². The highest BCUT2D eigenvalue weighted by Gasteiger charge is 2.56. The summed E-state index contributed by atoms with van der Waals surface area (Å²) in [5.41, 5.74) is 0. The van der Waals surface area contributed by atoms with Crippen molar-refractivity contribution in [1.29, 1.82) is 0 Å². The Balaban J connectivity index is 1.69. The number of carbonyl (C=O) groups excluding carboxylic acids is 1. The Hall–Kier alpha value is -1.19. The van der Waals surface area contributed by atoms with Gasteiger partial charge < -0.3 is 14.7 Å². The van der Waals surface area contributed by atoms with Gasteiger partial charge in [0.1, 0.15) is 0 Å². The van der Waals surface area contributed by atoms with Gasteiger partial charge in [-0.1, -0.05) is 0 Å². The number of aliphatic carboxylic acids is 1. The summed E-state index contributed by atoms with van der Waals surface area (Å²) in [4.78, 5) is 25.7. The Morgan fingerprint density at radius 1 is 1.05 bits per heavy atom. The van der Waals surface area contributed by atoms with Crippen LogP contribution in [0.3, 0.4) is 0 Å². The van der Waals surface area contributed by atoms with Crippen molar-refractivity contribution in [2.75, 3.05) is 32.4 Å². The van der Waals surface area contributed by atoms with Crippen LogP contribution < -0.4 is 0 Å². The molecule has 3 aliphatic rings. The number of fused-ring (bicyclic) bond motifs is 2. The molecule has 8 nitrogen and oxygen atoms in total. The minimum absolute atomic E-state index is 0.215. The second-order valence-electron chi connectivity index (χ2n) is 6.17. The highest BCUT2D eigenvalue weighted by atomic mass is 32.2. The Morgan fingerprint density at radius 3 is 2.09 bits per heavy atom. The monoisotopic (exact) mass is 332 g/mol. The number of hydrogen-bond acceptors (Lipinski definition) is 5. The zero-order valence-corrected chi connectivity index (χ0v) is 13.2. The molecular weight excluding hydrogens is 312 g/mol. The third-order valence-electron chi connectivity index (χ3n) is 4.86. The second-order valence-corrected chi connectivity index (χ2v) is 8.15. The number of amides is 1. The maximum atomic E-state index is 12.7. The third-order valence-corrected chi connectivity index (χ3v) is 6.17. The molecule has 0 spiro atoms. The average Bonchev–Trinajstić information content (AvgIpc) is 3.06. The van der Waals surface area contributed by atoms with Gasteiger partial charge in [0.2, 0.25) is 15.9 Å². The van der Waals surface area contributed by atoms with E-state index in [2.05, 4.69) is 0 Å². The van der Waals surface area contributed by atoms with Crippen molar-refractivity contribution in [3.63, 3.8) is 0 Å². The van der Waals surface area contributed by atoms with Crippen LogP contribution in [0, 0.1) is 11.8 Å². The average molecular weight is 332 g/mol. The number of nitrogens with zero attached hydrogens (tertiary/aromatic N) is 2. The van der Waals surface area contributed by atoms with E-state index in [4.69, 9.17) is 4.74 Å². The topological polar surface area (TPSA) is 104 Å². The number of ether oxygens (including phenoxy) is 1. The SMILES string of the molecule is CS(=O)(=O)N1CCN(C(=O)[C@@H]2[C@@H](C(=O)O)[C@H]3CC[C@H]2O3)CC1. The molecule has 2 bridgehead atoms. The minimum atomic E-state index is -3.25. The van der Waals surface area contributed by atoms with E-state index in [-0.39, 0.29) is 31.2 Å². The van der Waals surface area contributed by atoms with Gasteiger partial charge in [0.15, 0.2) is 0 Å². The predicted molar refractivity (Wildman–Crippen MR) is 75.5 cm³/mol. The first kappa shape index (κ1) is 15.7. The number of carboxylic acids is 1. The van der Waals surface area contributed by atoms with Crippen molar-refractivity contribution < 1.29 is 27.9 Å². The van der Waals surface area contributed by atoms with Gasteiger partial charge in [-0.25, -0.2) is 8.42 Å². The van der Waals surface area contributed by atoms with Crippen molar-refractivity contribution in [2.45, 2.75) is 25.0 Å². The molecule has 1 amide bonds. The molecule has 9 heteroatoms. The molecule has 0 aliphatic carbocycles. The summed E-state index contributed by atoms with van der Waals surface area (Å²) in [6, 6.07) is 0. The van der Waals surface area contributed by atoms with E-state index in [1.807, 2.05) is 0 Å². The van der Waals surface area contributed by atoms with Crippen molar-refractivity contribution in [2.24, 2.45) is 11.8 Å². The van der Waals surface area contributed by atoms with Crippen LogP contribution >= 0.6 is 0 Å². The molecule has 4 atom stereocenters. The minimum Gasteiger partial charge on any atom is -0.481 e. The Morgan fingerprint density at radius 2 is 1.59 bits per heavy atom. The van der Waals surface area contributed by atoms with Crippen LogP contribution in [0.5, 0.6) is 0 Å². The molecule has 0 aromatic rings. The summed E-state index contributed by atoms with van der Waals surface area (Å²) in [6.45, 7) is 1.10. The first-order chi connectivity index (χ1) is 10.3. The molecule has 3 aliphatic heterocycles. The molecule has 22 heavy (non-hydrogen) atoms. The smallest absolute Gasteiger partial charge is 0.310 e. The maximum Gasteiger partial charge on any atom is 0.310 e. The lowest BCUT2D eigenvalue weighted by atomic mass is 9.78. The Labute approximate surface area is 129 Å². The van der Waals surface area contributed by atoms with Crippen LogP contribution in [0.2, 0.25) is 0 Å². The van der Waals surface area contributed by atoms with Gasteiger partial charge in [-0.3, -0.25) is 9.59 Å². The van der Waals surface area contributed by atoms with Gasteiger partial charge in [0.25, 0.3) is 0 Å². The number of carboxylic acid groups (broad SMARTS) is 1. The van der Waals surface area contributed by atoms with Crippen molar-refractivity contribution in [3.8, 4) is 0 Å². The standard InChI is InChI=1S/C13H20N2O6S/c1-22(19,20)15-6-4-14(5-7-15)12(16)10-8-2-3-9(21-8)11(10)13(17)18/h8-11H,2-7H2,1H3,(H,17,18)/t8-,9-,10+,11+/m1/s1. The number of sulfonamides is 1. The lowest BCUT2D eigenvalue weighted by molar-refractivity contribution is -0.151. The third kappa shape index (κ3) is 2.61. The summed E-state index contributed by atoms with van der Waals surface area (Å²) in [6.07, 6.45) is 1.87. The first-order valence-corrected chi connectivity index (χ1v) is 9.26. The fourth-order valence-corrected chi connectivity index (χ4v) is 4.58. The van der Waals surface area contributed by atoms with E-state index in [0.717, 1.165) is 6.26 Å². The lowest BCUT2D eigenvalue weighted by Gasteiger charge is -2.36. The van der Waals surface area contributed by atoms with Crippen LogP contribution in [0.15, 0.2) is 0 Å². The fourth-order valence-electron chi connectivity index (χ4n) is 3.76. The molecule has 0 radical (unpaired) electrons. The zero-order chi connectivity index (χ0) is 16.1. The number of piperazine rings is 1. The molecule has 3 saturated heterocycles. The quantitative estimate of drug-likeness (QED) is 0.708. The van der Waals surface area contributed by atoms with Crippen molar-refractivity contribution >= 4 is 21.9 Å². The first-order valence-electron chi connectivity index (χ1n) is 7.41. The van der Waals surface area contributed by atoms with Crippen molar-refractivity contribution in [1.82, 2.24) is 9.21 Å². The lowest BCUT2D eigenvalue weighted by Crippen LogP contribution is -2.54. The van der Waals surface area contributed by atoms with Gasteiger partial charge >= 0.3 is 5.97 Å². The summed E-state index contributed by atoms with van der Waals surface area (Å²) in [5, 5.41) is 9.36. The number of hydrogen-bond donors (Lipinski definition) is 1. The normalized spacial score (nSPS) is 35.8. The summed E-state index contributed by atoms with van der Waals surface area (Å²) < 4.78 is 29.9. The molecule has 124 valence electrons. The zero-order valence-electron chi connectivity index (χ0n) is 12.3. The van der Waals surface area contributed by atoms with Gasteiger partial charge in [0.05, 0.1) is 30.3 Å². The molecule has 0 aromatic carbocycles. The maximum absolute atomic E-state index is 12.7. The van der Waals surface area contributed by atoms with Crippen LogP contribution in [-0.4, -0.2) is 79.2 Å².